The highest BCUT2D eigenvalue weighted by Crippen LogP contribution is 2.03. The van der Waals surface area contributed by atoms with E-state index in [0.29, 0.717) is 0 Å². The molecular formula is C12H21IN4. The highest BCUT2D eigenvalue weighted by atomic mass is 127. The summed E-state index contributed by atoms with van der Waals surface area (Å²) in [6.45, 7) is 1.87. The maximum Gasteiger partial charge on any atom is 0.190 e. The summed E-state index contributed by atoms with van der Waals surface area (Å²) in [5.41, 5.74) is 1.17. The van der Waals surface area contributed by atoms with Gasteiger partial charge in [-0.3, -0.25) is 4.99 Å². The van der Waals surface area contributed by atoms with Crippen molar-refractivity contribution in [2.45, 2.75) is 6.42 Å². The van der Waals surface area contributed by atoms with Crippen LogP contribution in [0.2, 0.25) is 0 Å². The Kier molecular flexibility index (Phi) is 9.60. The van der Waals surface area contributed by atoms with Gasteiger partial charge < -0.3 is 16.0 Å². The van der Waals surface area contributed by atoms with E-state index in [1.807, 2.05) is 25.2 Å². The molecule has 3 N–H and O–H groups in total. The molecule has 0 radical (unpaired) electrons. The number of anilines is 1. The van der Waals surface area contributed by atoms with E-state index < -0.39 is 0 Å². The lowest BCUT2D eigenvalue weighted by Crippen LogP contribution is -2.35. The molecule has 0 aliphatic carbocycles. The average molecular weight is 348 g/mol. The van der Waals surface area contributed by atoms with Crippen LogP contribution in [0.4, 0.5) is 5.69 Å². The fraction of sp³-hybridized carbons (Fsp3) is 0.417. The van der Waals surface area contributed by atoms with Crippen molar-refractivity contribution in [2.24, 2.45) is 4.99 Å². The van der Waals surface area contributed by atoms with Gasteiger partial charge >= 0.3 is 0 Å². The summed E-state index contributed by atoms with van der Waals surface area (Å²) in [6.07, 6.45) is 1.05. The molecule has 0 aliphatic rings. The van der Waals surface area contributed by atoms with Crippen molar-refractivity contribution in [3.63, 3.8) is 0 Å². The minimum absolute atomic E-state index is 0. The Morgan fingerprint density at radius 1 is 1.18 bits per heavy atom. The van der Waals surface area contributed by atoms with Crippen LogP contribution in [-0.4, -0.2) is 33.1 Å². The first kappa shape index (κ1) is 16.0. The molecule has 0 atom stereocenters. The number of aliphatic imine (C=N–C) groups is 1. The van der Waals surface area contributed by atoms with E-state index in [2.05, 4.69) is 33.1 Å². The molecule has 0 unspecified atom stereocenters. The number of nitrogens with zero attached hydrogens (tertiary/aromatic N) is 1. The fourth-order valence-electron chi connectivity index (χ4n) is 1.36. The Hall–Kier alpha value is -0.980. The molecule has 0 heterocycles. The van der Waals surface area contributed by atoms with Gasteiger partial charge in [0.2, 0.25) is 0 Å². The molecule has 1 rings (SSSR count). The van der Waals surface area contributed by atoms with Gasteiger partial charge in [-0.2, -0.15) is 0 Å². The number of rotatable bonds is 5. The molecule has 17 heavy (non-hydrogen) atoms. The lowest BCUT2D eigenvalue weighted by atomic mass is 10.3. The third-order valence-electron chi connectivity index (χ3n) is 2.21. The summed E-state index contributed by atoms with van der Waals surface area (Å²) < 4.78 is 0. The quantitative estimate of drug-likeness (QED) is 0.330. The Labute approximate surface area is 120 Å². The van der Waals surface area contributed by atoms with Crippen molar-refractivity contribution in [3.8, 4) is 0 Å². The normalized spacial score (nSPS) is 10.4. The smallest absolute Gasteiger partial charge is 0.190 e. The van der Waals surface area contributed by atoms with Gasteiger partial charge in [0.15, 0.2) is 5.96 Å². The van der Waals surface area contributed by atoms with Crippen molar-refractivity contribution in [1.82, 2.24) is 10.6 Å². The summed E-state index contributed by atoms with van der Waals surface area (Å²) in [5.74, 6) is 0.833. The molecule has 0 saturated heterocycles. The third kappa shape index (κ3) is 7.04. The lowest BCUT2D eigenvalue weighted by molar-refractivity contribution is 0.784. The van der Waals surface area contributed by atoms with Crippen molar-refractivity contribution >= 4 is 35.6 Å². The minimum Gasteiger partial charge on any atom is -0.385 e. The van der Waals surface area contributed by atoms with Crippen molar-refractivity contribution in [3.05, 3.63) is 30.3 Å². The molecule has 5 heteroatoms. The molecule has 0 saturated carbocycles. The molecule has 96 valence electrons. The first-order chi connectivity index (χ1) is 7.86. The summed E-state index contributed by atoms with van der Waals surface area (Å²) >= 11 is 0. The maximum atomic E-state index is 4.04. The Bertz CT molecular complexity index is 314. The molecular weight excluding hydrogens is 327 g/mol. The lowest BCUT2D eigenvalue weighted by Gasteiger charge is -2.09. The van der Waals surface area contributed by atoms with Crippen LogP contribution >= 0.6 is 24.0 Å². The van der Waals surface area contributed by atoms with E-state index in [9.17, 15) is 0 Å². The topological polar surface area (TPSA) is 48.5 Å². The summed E-state index contributed by atoms with van der Waals surface area (Å²) in [4.78, 5) is 4.04. The third-order valence-corrected chi connectivity index (χ3v) is 2.21. The van der Waals surface area contributed by atoms with Crippen LogP contribution in [0.25, 0.3) is 0 Å². The number of hydrogen-bond acceptors (Lipinski definition) is 2. The van der Waals surface area contributed by atoms with Gasteiger partial charge in [-0.1, -0.05) is 18.2 Å². The van der Waals surface area contributed by atoms with Crippen LogP contribution in [0.3, 0.4) is 0 Å². The maximum absolute atomic E-state index is 4.04. The molecule has 4 nitrogen and oxygen atoms in total. The van der Waals surface area contributed by atoms with E-state index >= 15 is 0 Å². The number of halogens is 1. The highest BCUT2D eigenvalue weighted by molar-refractivity contribution is 14.0. The number of guanidine groups is 1. The molecule has 0 bridgehead atoms. The molecule has 0 aromatic heterocycles. The molecule has 0 spiro atoms. The SMILES string of the molecule is CN=C(NC)NCCCNc1ccccc1.I. The van der Waals surface area contributed by atoms with Gasteiger partial charge in [0.25, 0.3) is 0 Å². The fourth-order valence-corrected chi connectivity index (χ4v) is 1.36. The number of para-hydroxylation sites is 1. The van der Waals surface area contributed by atoms with E-state index in [0.717, 1.165) is 25.5 Å². The summed E-state index contributed by atoms with van der Waals surface area (Å²) in [7, 11) is 3.62. The monoisotopic (exact) mass is 348 g/mol. The van der Waals surface area contributed by atoms with Crippen molar-refractivity contribution in [2.75, 3.05) is 32.5 Å². The van der Waals surface area contributed by atoms with Crippen molar-refractivity contribution < 1.29 is 0 Å². The van der Waals surface area contributed by atoms with E-state index in [1.165, 1.54) is 5.69 Å². The zero-order valence-corrected chi connectivity index (χ0v) is 12.7. The van der Waals surface area contributed by atoms with E-state index in [4.69, 9.17) is 0 Å². The van der Waals surface area contributed by atoms with E-state index in [-0.39, 0.29) is 24.0 Å². The van der Waals surface area contributed by atoms with Crippen LogP contribution in [0.5, 0.6) is 0 Å². The first-order valence-corrected chi connectivity index (χ1v) is 5.54. The zero-order chi connectivity index (χ0) is 11.6. The van der Waals surface area contributed by atoms with Crippen LogP contribution in [-0.2, 0) is 0 Å². The van der Waals surface area contributed by atoms with Crippen LogP contribution in [0.1, 0.15) is 6.42 Å². The van der Waals surface area contributed by atoms with Crippen LogP contribution in [0.15, 0.2) is 35.3 Å². The predicted molar refractivity (Wildman–Crippen MR) is 85.4 cm³/mol. The zero-order valence-electron chi connectivity index (χ0n) is 10.4. The van der Waals surface area contributed by atoms with Gasteiger partial charge in [-0.05, 0) is 18.6 Å². The Balaban J connectivity index is 0.00000256. The first-order valence-electron chi connectivity index (χ1n) is 5.54. The largest absolute Gasteiger partial charge is 0.385 e. The second kappa shape index (κ2) is 10.2. The van der Waals surface area contributed by atoms with Gasteiger partial charge in [0.1, 0.15) is 0 Å². The summed E-state index contributed by atoms with van der Waals surface area (Å²) in [6, 6.07) is 10.2. The Morgan fingerprint density at radius 2 is 1.88 bits per heavy atom. The van der Waals surface area contributed by atoms with Gasteiger partial charge in [-0.25, -0.2) is 0 Å². The number of nitrogens with one attached hydrogen (secondary N) is 3. The average Bonchev–Trinajstić information content (AvgIpc) is 2.35. The summed E-state index contributed by atoms with van der Waals surface area (Å²) in [5, 5.41) is 9.54. The molecule has 0 aliphatic heterocycles. The van der Waals surface area contributed by atoms with Crippen LogP contribution in [0, 0.1) is 0 Å². The number of benzene rings is 1. The molecule has 0 amide bonds. The molecule has 1 aromatic rings. The number of hydrogen-bond donors (Lipinski definition) is 3. The highest BCUT2D eigenvalue weighted by Gasteiger charge is 1.92. The predicted octanol–water partition coefficient (Wildman–Crippen LogP) is 1.90. The van der Waals surface area contributed by atoms with Crippen LogP contribution < -0.4 is 16.0 Å². The molecule has 1 aromatic carbocycles. The van der Waals surface area contributed by atoms with Gasteiger partial charge in [0.05, 0.1) is 0 Å². The second-order valence-corrected chi connectivity index (χ2v) is 3.40. The second-order valence-electron chi connectivity index (χ2n) is 3.40. The van der Waals surface area contributed by atoms with Gasteiger partial charge in [-0.15, -0.1) is 24.0 Å². The minimum atomic E-state index is 0. The molecule has 0 fully saturated rings. The van der Waals surface area contributed by atoms with E-state index in [1.54, 1.807) is 7.05 Å². The standard InChI is InChI=1S/C12H20N4.HI/c1-13-12(14-2)16-10-6-9-15-11-7-4-3-5-8-11;/h3-5,7-8,15H,6,9-10H2,1-2H3,(H2,13,14,16);1H. The Morgan fingerprint density at radius 3 is 2.47 bits per heavy atom. The van der Waals surface area contributed by atoms with Gasteiger partial charge in [0, 0.05) is 32.9 Å². The van der Waals surface area contributed by atoms with Crippen molar-refractivity contribution in [1.29, 1.82) is 0 Å².